The van der Waals surface area contributed by atoms with E-state index >= 15 is 0 Å². The average Bonchev–Trinajstić information content (AvgIpc) is 2.53. The quantitative estimate of drug-likeness (QED) is 0.684. The van der Waals surface area contributed by atoms with Crippen molar-refractivity contribution < 1.29 is 22.7 Å². The molecule has 0 aliphatic rings. The number of hydrogen-bond donors (Lipinski definition) is 1. The van der Waals surface area contributed by atoms with Crippen LogP contribution in [0.2, 0.25) is 0 Å². The van der Waals surface area contributed by atoms with Gasteiger partial charge in [-0.1, -0.05) is 15.9 Å². The molecule has 6 nitrogen and oxygen atoms in total. The van der Waals surface area contributed by atoms with Crippen LogP contribution in [0.25, 0.3) is 0 Å². The molecule has 1 amide bonds. The average molecular weight is 477 g/mol. The topological polar surface area (TPSA) is 89.5 Å². The van der Waals surface area contributed by atoms with Crippen molar-refractivity contribution in [2.45, 2.75) is 4.90 Å². The molecule has 0 aromatic heterocycles. The Bertz CT molecular complexity index is 895. The number of benzene rings is 2. The van der Waals surface area contributed by atoms with Crippen molar-refractivity contribution >= 4 is 53.8 Å². The standard InChI is InChI=1S/C15H11Br2NO5S/c1-23-15(20)9-2-5-11(6-3-9)24(21,22)18-14(19)12-7-4-10(16)8-13(12)17/h2-8H,1H3,(H,18,19). The lowest BCUT2D eigenvalue weighted by Crippen LogP contribution is -2.30. The molecule has 0 atom stereocenters. The molecule has 1 N–H and O–H groups in total. The minimum Gasteiger partial charge on any atom is -0.465 e. The highest BCUT2D eigenvalue weighted by Gasteiger charge is 2.20. The monoisotopic (exact) mass is 475 g/mol. The maximum Gasteiger partial charge on any atom is 0.337 e. The molecule has 0 aliphatic heterocycles. The van der Waals surface area contributed by atoms with Gasteiger partial charge >= 0.3 is 5.97 Å². The number of sulfonamides is 1. The van der Waals surface area contributed by atoms with Gasteiger partial charge in [0.2, 0.25) is 0 Å². The third kappa shape index (κ3) is 4.22. The van der Waals surface area contributed by atoms with E-state index in [9.17, 15) is 18.0 Å². The van der Waals surface area contributed by atoms with E-state index in [0.717, 1.165) is 4.47 Å². The zero-order chi connectivity index (χ0) is 17.9. The molecule has 0 fully saturated rings. The van der Waals surface area contributed by atoms with Gasteiger partial charge in [-0.25, -0.2) is 17.9 Å². The largest absolute Gasteiger partial charge is 0.465 e. The molecule has 0 radical (unpaired) electrons. The Balaban J connectivity index is 2.24. The molecule has 0 saturated heterocycles. The van der Waals surface area contributed by atoms with Gasteiger partial charge in [-0.15, -0.1) is 0 Å². The molecule has 0 heterocycles. The first kappa shape index (κ1) is 18.6. The summed E-state index contributed by atoms with van der Waals surface area (Å²) in [4.78, 5) is 23.4. The highest BCUT2D eigenvalue weighted by molar-refractivity contribution is 9.11. The Morgan fingerprint density at radius 1 is 1.04 bits per heavy atom. The second-order valence-corrected chi connectivity index (χ2v) is 8.03. The fraction of sp³-hybridized carbons (Fsp3) is 0.0667. The summed E-state index contributed by atoms with van der Waals surface area (Å²) >= 11 is 6.46. The third-order valence-electron chi connectivity index (χ3n) is 2.99. The lowest BCUT2D eigenvalue weighted by Gasteiger charge is -2.09. The third-order valence-corrected chi connectivity index (χ3v) is 5.48. The molecule has 126 valence electrons. The van der Waals surface area contributed by atoms with Crippen molar-refractivity contribution in [2.24, 2.45) is 0 Å². The van der Waals surface area contributed by atoms with Crippen LogP contribution >= 0.6 is 31.9 Å². The summed E-state index contributed by atoms with van der Waals surface area (Å²) in [5.41, 5.74) is 0.381. The lowest BCUT2D eigenvalue weighted by molar-refractivity contribution is 0.0600. The van der Waals surface area contributed by atoms with E-state index < -0.39 is 21.9 Å². The van der Waals surface area contributed by atoms with Crippen LogP contribution < -0.4 is 4.72 Å². The van der Waals surface area contributed by atoms with Gasteiger partial charge in [-0.2, -0.15) is 0 Å². The first-order valence-corrected chi connectivity index (χ1v) is 9.52. The number of carbonyl (C=O) groups excluding carboxylic acids is 2. The Morgan fingerprint density at radius 2 is 1.67 bits per heavy atom. The van der Waals surface area contributed by atoms with Crippen LogP contribution in [0.5, 0.6) is 0 Å². The van der Waals surface area contributed by atoms with E-state index in [1.165, 1.54) is 37.4 Å². The number of carbonyl (C=O) groups is 2. The summed E-state index contributed by atoms with van der Waals surface area (Å²) in [6.07, 6.45) is 0. The second-order valence-electron chi connectivity index (χ2n) is 4.57. The van der Waals surface area contributed by atoms with Crippen molar-refractivity contribution in [1.82, 2.24) is 4.72 Å². The van der Waals surface area contributed by atoms with E-state index in [0.29, 0.717) is 4.47 Å². The van der Waals surface area contributed by atoms with E-state index in [1.807, 2.05) is 4.72 Å². The van der Waals surface area contributed by atoms with Gasteiger partial charge in [-0.05, 0) is 58.4 Å². The number of hydrogen-bond acceptors (Lipinski definition) is 5. The van der Waals surface area contributed by atoms with Crippen LogP contribution in [-0.4, -0.2) is 27.4 Å². The van der Waals surface area contributed by atoms with Gasteiger partial charge in [0.05, 0.1) is 23.1 Å². The maximum atomic E-state index is 12.3. The van der Waals surface area contributed by atoms with Gasteiger partial charge in [0.15, 0.2) is 0 Å². The number of ether oxygens (including phenoxy) is 1. The molecule has 0 aliphatic carbocycles. The summed E-state index contributed by atoms with van der Waals surface area (Å²) in [5, 5.41) is 0. The Labute approximate surface area is 155 Å². The summed E-state index contributed by atoms with van der Waals surface area (Å²) in [6.45, 7) is 0. The van der Waals surface area contributed by atoms with Crippen LogP contribution in [0.1, 0.15) is 20.7 Å². The first-order valence-electron chi connectivity index (χ1n) is 6.45. The van der Waals surface area contributed by atoms with Crippen molar-refractivity contribution in [3.05, 3.63) is 62.5 Å². The van der Waals surface area contributed by atoms with Gasteiger partial charge in [-0.3, -0.25) is 4.79 Å². The molecular formula is C15H11Br2NO5S. The number of methoxy groups -OCH3 is 1. The molecule has 0 spiro atoms. The fourth-order valence-corrected chi connectivity index (χ4v) is 3.99. The number of amides is 1. The van der Waals surface area contributed by atoms with Crippen molar-refractivity contribution in [2.75, 3.05) is 7.11 Å². The maximum absolute atomic E-state index is 12.3. The highest BCUT2D eigenvalue weighted by Crippen LogP contribution is 2.22. The molecule has 0 saturated carbocycles. The van der Waals surface area contributed by atoms with Crippen LogP contribution in [-0.2, 0) is 14.8 Å². The van der Waals surface area contributed by atoms with Gasteiger partial charge < -0.3 is 4.74 Å². The van der Waals surface area contributed by atoms with E-state index in [4.69, 9.17) is 0 Å². The zero-order valence-corrected chi connectivity index (χ0v) is 16.2. The Hall–Kier alpha value is -1.71. The summed E-state index contributed by atoms with van der Waals surface area (Å²) in [7, 11) is -2.84. The number of esters is 1. The molecular weight excluding hydrogens is 466 g/mol. The minimum absolute atomic E-state index is 0.142. The lowest BCUT2D eigenvalue weighted by atomic mass is 10.2. The minimum atomic E-state index is -4.07. The molecule has 0 bridgehead atoms. The molecule has 2 rings (SSSR count). The second kappa shape index (κ2) is 7.45. The summed E-state index contributed by atoms with van der Waals surface area (Å²) in [5.74, 6) is -1.35. The highest BCUT2D eigenvalue weighted by atomic mass is 79.9. The molecule has 24 heavy (non-hydrogen) atoms. The Kier molecular flexibility index (Phi) is 5.79. The first-order chi connectivity index (χ1) is 11.2. The Morgan fingerprint density at radius 3 is 2.21 bits per heavy atom. The van der Waals surface area contributed by atoms with Crippen molar-refractivity contribution in [3.8, 4) is 0 Å². The predicted molar refractivity (Wildman–Crippen MR) is 94.3 cm³/mol. The summed E-state index contributed by atoms with van der Waals surface area (Å²) < 4.78 is 32.3. The smallest absolute Gasteiger partial charge is 0.337 e. The van der Waals surface area contributed by atoms with Crippen molar-refractivity contribution in [1.29, 1.82) is 0 Å². The van der Waals surface area contributed by atoms with Crippen LogP contribution in [0.15, 0.2) is 56.3 Å². The number of halogens is 2. The van der Waals surface area contributed by atoms with Crippen LogP contribution in [0, 0.1) is 0 Å². The van der Waals surface area contributed by atoms with Crippen LogP contribution in [0.4, 0.5) is 0 Å². The zero-order valence-electron chi connectivity index (χ0n) is 12.2. The number of rotatable bonds is 4. The molecule has 2 aromatic carbocycles. The molecule has 0 unspecified atom stereocenters. The van der Waals surface area contributed by atoms with Crippen LogP contribution in [0.3, 0.4) is 0 Å². The van der Waals surface area contributed by atoms with E-state index in [2.05, 4.69) is 36.6 Å². The molecule has 9 heteroatoms. The van der Waals surface area contributed by atoms with Crippen molar-refractivity contribution in [3.63, 3.8) is 0 Å². The van der Waals surface area contributed by atoms with Gasteiger partial charge in [0.25, 0.3) is 15.9 Å². The van der Waals surface area contributed by atoms with Gasteiger partial charge in [0.1, 0.15) is 0 Å². The van der Waals surface area contributed by atoms with E-state index in [1.54, 1.807) is 12.1 Å². The molecule has 2 aromatic rings. The SMILES string of the molecule is COC(=O)c1ccc(S(=O)(=O)NC(=O)c2ccc(Br)cc2Br)cc1. The summed E-state index contributed by atoms with van der Waals surface area (Å²) in [6, 6.07) is 9.79. The predicted octanol–water partition coefficient (Wildman–Crippen LogP) is 3.12. The fourth-order valence-electron chi connectivity index (χ4n) is 1.80. The van der Waals surface area contributed by atoms with Gasteiger partial charge in [0, 0.05) is 8.95 Å². The number of nitrogens with one attached hydrogen (secondary N) is 1. The normalized spacial score (nSPS) is 11.0. The van der Waals surface area contributed by atoms with E-state index in [-0.39, 0.29) is 16.0 Å².